The molecular formula is C15H34. The first kappa shape index (κ1) is 17.4. The highest BCUT2D eigenvalue weighted by Gasteiger charge is 2.28. The van der Waals surface area contributed by atoms with Gasteiger partial charge in [-0.25, -0.2) is 0 Å². The minimum absolute atomic E-state index is 1.17. The lowest BCUT2D eigenvalue weighted by molar-refractivity contribution is 0.277. The van der Waals surface area contributed by atoms with Crippen LogP contribution in [0.4, 0.5) is 0 Å². The van der Waals surface area contributed by atoms with Crippen molar-refractivity contribution in [1.29, 1.82) is 0 Å². The molecule has 2 saturated carbocycles. The Morgan fingerprint density at radius 3 is 1.07 bits per heavy atom. The Morgan fingerprint density at radius 2 is 0.733 bits per heavy atom. The average molecular weight is 214 g/mol. The van der Waals surface area contributed by atoms with E-state index >= 15 is 0 Å². The molecule has 15 heavy (non-hydrogen) atoms. The maximum Gasteiger partial charge on any atom is -0.0386 e. The molecule has 0 saturated heterocycles. The molecule has 0 bridgehead atoms. The molecule has 2 atom stereocenters. The molecule has 0 aliphatic heterocycles. The van der Waals surface area contributed by atoms with Gasteiger partial charge in [-0.2, -0.15) is 0 Å². The summed E-state index contributed by atoms with van der Waals surface area (Å²) in [7, 11) is 0. The van der Waals surface area contributed by atoms with Crippen molar-refractivity contribution in [3.05, 3.63) is 0 Å². The number of fused-ring (bicyclic) bond motifs is 1. The fourth-order valence-corrected chi connectivity index (χ4v) is 2.69. The smallest absolute Gasteiger partial charge is 0.0386 e. The molecule has 2 fully saturated rings. The van der Waals surface area contributed by atoms with Gasteiger partial charge in [0.1, 0.15) is 0 Å². The molecule has 2 unspecified atom stereocenters. The van der Waals surface area contributed by atoms with E-state index in [-0.39, 0.29) is 0 Å². The van der Waals surface area contributed by atoms with Gasteiger partial charge in [-0.1, -0.05) is 86.5 Å². The highest BCUT2D eigenvalue weighted by atomic mass is 14.3. The summed E-state index contributed by atoms with van der Waals surface area (Å²) in [6, 6.07) is 0. The average Bonchev–Trinajstić information content (AvgIpc) is 2.85. The van der Waals surface area contributed by atoms with Crippen LogP contribution in [0.3, 0.4) is 0 Å². The SMILES string of the molecule is C1CCC2CCCC2C1.CC.CC.CC. The number of hydrogen-bond acceptors (Lipinski definition) is 0. The van der Waals surface area contributed by atoms with Crippen molar-refractivity contribution in [3.63, 3.8) is 0 Å². The first-order chi connectivity index (χ1) is 7.47. The van der Waals surface area contributed by atoms with Gasteiger partial charge in [0.05, 0.1) is 0 Å². The summed E-state index contributed by atoms with van der Waals surface area (Å²) >= 11 is 0. The molecule has 0 radical (unpaired) electrons. The highest BCUT2D eigenvalue weighted by Crippen LogP contribution is 2.41. The summed E-state index contributed by atoms with van der Waals surface area (Å²) < 4.78 is 0. The molecule has 0 heterocycles. The van der Waals surface area contributed by atoms with Crippen LogP contribution in [-0.2, 0) is 0 Å². The molecule has 2 aliphatic carbocycles. The van der Waals surface area contributed by atoms with Crippen LogP contribution >= 0.6 is 0 Å². The fraction of sp³-hybridized carbons (Fsp3) is 1.00. The predicted octanol–water partition coefficient (Wildman–Crippen LogP) is 6.06. The van der Waals surface area contributed by atoms with Crippen LogP contribution in [-0.4, -0.2) is 0 Å². The van der Waals surface area contributed by atoms with E-state index in [0.29, 0.717) is 0 Å². The Bertz CT molecular complexity index is 84.2. The Balaban J connectivity index is 0. The Labute approximate surface area is 98.9 Å². The normalized spacial score (nSPS) is 26.8. The minimum atomic E-state index is 1.17. The van der Waals surface area contributed by atoms with E-state index in [1.54, 1.807) is 25.7 Å². The lowest BCUT2D eigenvalue weighted by Crippen LogP contribution is -2.12. The Morgan fingerprint density at radius 1 is 0.467 bits per heavy atom. The first-order valence-corrected chi connectivity index (χ1v) is 7.47. The molecule has 94 valence electrons. The molecular weight excluding hydrogens is 180 g/mol. The van der Waals surface area contributed by atoms with Crippen LogP contribution < -0.4 is 0 Å². The zero-order valence-electron chi connectivity index (χ0n) is 12.1. The van der Waals surface area contributed by atoms with Gasteiger partial charge in [-0.15, -0.1) is 0 Å². The largest absolute Gasteiger partial charge is 0.0683 e. The molecule has 0 aromatic heterocycles. The third-order valence-corrected chi connectivity index (χ3v) is 3.22. The lowest BCUT2D eigenvalue weighted by Gasteiger charge is -2.24. The maximum absolute atomic E-state index is 2.00. The Kier molecular flexibility index (Phi) is 16.2. The van der Waals surface area contributed by atoms with Crippen molar-refractivity contribution in [1.82, 2.24) is 0 Å². The van der Waals surface area contributed by atoms with E-state index in [1.807, 2.05) is 41.5 Å². The molecule has 0 aromatic rings. The summed E-state index contributed by atoms with van der Waals surface area (Å²) in [5.41, 5.74) is 0. The topological polar surface area (TPSA) is 0 Å². The van der Waals surface area contributed by atoms with Gasteiger partial charge < -0.3 is 0 Å². The first-order valence-electron chi connectivity index (χ1n) is 7.47. The molecule has 0 N–H and O–H groups in total. The summed E-state index contributed by atoms with van der Waals surface area (Å²) in [4.78, 5) is 0. The standard InChI is InChI=1S/C9H16.3C2H6/c1-2-5-9-7-3-6-8(9)4-1;3*1-2/h8-9H,1-7H2;3*1-2H3. The maximum atomic E-state index is 2.00. The minimum Gasteiger partial charge on any atom is -0.0683 e. The molecule has 0 amide bonds. The fourth-order valence-electron chi connectivity index (χ4n) is 2.69. The van der Waals surface area contributed by atoms with Crippen LogP contribution in [0, 0.1) is 11.8 Å². The van der Waals surface area contributed by atoms with E-state index in [9.17, 15) is 0 Å². The monoisotopic (exact) mass is 214 g/mol. The second-order valence-corrected chi connectivity index (χ2v) is 3.74. The van der Waals surface area contributed by atoms with E-state index in [4.69, 9.17) is 0 Å². The van der Waals surface area contributed by atoms with Crippen LogP contribution in [0.15, 0.2) is 0 Å². The second kappa shape index (κ2) is 14.0. The zero-order chi connectivity index (χ0) is 12.1. The van der Waals surface area contributed by atoms with Crippen LogP contribution in [0.5, 0.6) is 0 Å². The van der Waals surface area contributed by atoms with Gasteiger partial charge >= 0.3 is 0 Å². The summed E-state index contributed by atoms with van der Waals surface area (Å²) in [5.74, 6) is 2.33. The molecule has 0 spiro atoms. The van der Waals surface area contributed by atoms with Crippen LogP contribution in [0.25, 0.3) is 0 Å². The van der Waals surface area contributed by atoms with Gasteiger partial charge in [0.15, 0.2) is 0 Å². The van der Waals surface area contributed by atoms with Gasteiger partial charge in [-0.05, 0) is 11.8 Å². The summed E-state index contributed by atoms with van der Waals surface area (Å²) in [6.07, 6.45) is 10.8. The Hall–Kier alpha value is 0. The van der Waals surface area contributed by atoms with Crippen LogP contribution in [0.2, 0.25) is 0 Å². The third kappa shape index (κ3) is 6.98. The van der Waals surface area contributed by atoms with E-state index in [0.717, 1.165) is 0 Å². The highest BCUT2D eigenvalue weighted by molar-refractivity contribution is 4.80. The quantitative estimate of drug-likeness (QED) is 0.460. The lowest BCUT2D eigenvalue weighted by atomic mass is 9.82. The molecule has 0 heteroatoms. The summed E-state index contributed by atoms with van der Waals surface area (Å²) in [5, 5.41) is 0. The third-order valence-electron chi connectivity index (χ3n) is 3.22. The molecule has 2 aliphatic rings. The predicted molar refractivity (Wildman–Crippen MR) is 73.3 cm³/mol. The van der Waals surface area contributed by atoms with Gasteiger partial charge in [0.2, 0.25) is 0 Å². The number of hydrogen-bond donors (Lipinski definition) is 0. The van der Waals surface area contributed by atoms with Gasteiger partial charge in [0, 0.05) is 0 Å². The van der Waals surface area contributed by atoms with Crippen molar-refractivity contribution < 1.29 is 0 Å². The molecule has 0 aromatic carbocycles. The van der Waals surface area contributed by atoms with Crippen molar-refractivity contribution >= 4 is 0 Å². The van der Waals surface area contributed by atoms with Gasteiger partial charge in [-0.3, -0.25) is 0 Å². The van der Waals surface area contributed by atoms with E-state index in [2.05, 4.69) is 0 Å². The van der Waals surface area contributed by atoms with Crippen molar-refractivity contribution in [2.75, 3.05) is 0 Å². The molecule has 0 nitrogen and oxygen atoms in total. The van der Waals surface area contributed by atoms with E-state index in [1.165, 1.54) is 31.1 Å². The molecule has 2 rings (SSSR count). The van der Waals surface area contributed by atoms with Crippen molar-refractivity contribution in [2.24, 2.45) is 11.8 Å². The van der Waals surface area contributed by atoms with Crippen molar-refractivity contribution in [3.8, 4) is 0 Å². The van der Waals surface area contributed by atoms with Crippen molar-refractivity contribution in [2.45, 2.75) is 86.5 Å². The zero-order valence-corrected chi connectivity index (χ0v) is 12.1. The number of rotatable bonds is 0. The van der Waals surface area contributed by atoms with Gasteiger partial charge in [0.25, 0.3) is 0 Å². The van der Waals surface area contributed by atoms with Crippen LogP contribution in [0.1, 0.15) is 86.5 Å². The summed E-state index contributed by atoms with van der Waals surface area (Å²) in [6.45, 7) is 12.0. The second-order valence-electron chi connectivity index (χ2n) is 3.74. The van der Waals surface area contributed by atoms with E-state index < -0.39 is 0 Å².